The van der Waals surface area contributed by atoms with Crippen molar-refractivity contribution >= 4 is 24.3 Å². The van der Waals surface area contributed by atoms with E-state index >= 15 is 0 Å². The zero-order valence-electron chi connectivity index (χ0n) is 6.61. The quantitative estimate of drug-likeness (QED) is 0.536. The van der Waals surface area contributed by atoms with Crippen LogP contribution in [0.3, 0.4) is 0 Å². The highest BCUT2D eigenvalue weighted by Gasteiger charge is 1.89. The van der Waals surface area contributed by atoms with Crippen molar-refractivity contribution in [2.75, 3.05) is 0 Å². The van der Waals surface area contributed by atoms with E-state index in [9.17, 15) is 0 Å². The Balaban J connectivity index is 3.09. The molecule has 0 radical (unpaired) electrons. The van der Waals surface area contributed by atoms with Gasteiger partial charge in [-0.2, -0.15) is 6.82 Å². The summed E-state index contributed by atoms with van der Waals surface area (Å²) in [6.45, 7) is 4.40. The van der Waals surface area contributed by atoms with Crippen LogP contribution in [-0.2, 0) is 0 Å². The highest BCUT2D eigenvalue weighted by Crippen LogP contribution is 2.06. The van der Waals surface area contributed by atoms with Gasteiger partial charge in [0.2, 0.25) is 0 Å². The van der Waals surface area contributed by atoms with E-state index in [1.807, 2.05) is 6.07 Å². The molecule has 10 heavy (non-hydrogen) atoms. The second-order valence-corrected chi connectivity index (χ2v) is 3.17. The molecule has 0 spiro atoms. The molecule has 0 heterocycles. The minimum Gasteiger partial charge on any atom is -0.213 e. The summed E-state index contributed by atoms with van der Waals surface area (Å²) >= 11 is 5.82. The molecule has 0 N–H and O–H groups in total. The molecule has 0 atom stereocenters. The molecule has 0 saturated carbocycles. The van der Waals surface area contributed by atoms with Crippen molar-refractivity contribution in [3.8, 4) is 0 Å². The number of benzene rings is 1. The zero-order chi connectivity index (χ0) is 7.56. The van der Waals surface area contributed by atoms with Crippen molar-refractivity contribution in [1.82, 2.24) is 0 Å². The molecule has 0 bridgehead atoms. The lowest BCUT2D eigenvalue weighted by molar-refractivity contribution is 1.51. The monoisotopic (exact) mass is 153 g/mol. The molecule has 1 aromatic carbocycles. The lowest BCUT2D eigenvalue weighted by atomic mass is 9.71. The van der Waals surface area contributed by atoms with E-state index in [1.165, 1.54) is 11.0 Å². The molecular weight excluding hydrogens is 142 g/mol. The summed E-state index contributed by atoms with van der Waals surface area (Å²) in [6, 6.07) is 6.11. The van der Waals surface area contributed by atoms with Gasteiger partial charge in [0.1, 0.15) is 0 Å². The molecular formula is C8H11BCl-. The molecule has 0 unspecified atom stereocenters. The summed E-state index contributed by atoms with van der Waals surface area (Å²) < 4.78 is 0. The third-order valence-electron chi connectivity index (χ3n) is 2.01. The first-order chi connectivity index (χ1) is 4.74. The maximum absolute atomic E-state index is 5.82. The molecule has 0 nitrogen and oxygen atoms in total. The number of hydrogen-bond donors (Lipinski definition) is 0. The number of hydrogen-bond acceptors (Lipinski definition) is 0. The first-order valence-electron chi connectivity index (χ1n) is 3.93. The first-order valence-corrected chi connectivity index (χ1v) is 4.30. The van der Waals surface area contributed by atoms with E-state index in [4.69, 9.17) is 11.6 Å². The van der Waals surface area contributed by atoms with E-state index in [0.29, 0.717) is 0 Å². The van der Waals surface area contributed by atoms with Gasteiger partial charge in [-0.05, 0) is 20.3 Å². The van der Waals surface area contributed by atoms with Crippen LogP contribution >= 0.6 is 11.6 Å². The van der Waals surface area contributed by atoms with Gasteiger partial charge in [-0.25, -0.2) is 5.46 Å². The van der Waals surface area contributed by atoms with Crippen LogP contribution < -0.4 is 5.46 Å². The van der Waals surface area contributed by atoms with Crippen molar-refractivity contribution in [2.45, 2.75) is 13.7 Å². The summed E-state index contributed by atoms with van der Waals surface area (Å²) in [4.78, 5) is 0. The molecule has 0 aliphatic rings. The fourth-order valence-corrected chi connectivity index (χ4v) is 1.47. The molecule has 0 fully saturated rings. The van der Waals surface area contributed by atoms with Crippen LogP contribution in [0.1, 0.15) is 5.56 Å². The summed E-state index contributed by atoms with van der Waals surface area (Å²) in [6.07, 6.45) is 0. The lowest BCUT2D eigenvalue weighted by Crippen LogP contribution is -2.13. The molecule has 0 amide bonds. The van der Waals surface area contributed by atoms with Gasteiger partial charge in [-0.15, -0.1) is 0 Å². The third kappa shape index (κ3) is 1.54. The minimum absolute atomic E-state index is 0.0670. The number of halogens is 1. The average molecular weight is 153 g/mol. The van der Waals surface area contributed by atoms with Gasteiger partial charge in [0.15, 0.2) is 0 Å². The van der Waals surface area contributed by atoms with E-state index in [1.54, 1.807) is 0 Å². The molecule has 54 valence electrons. The van der Waals surface area contributed by atoms with Gasteiger partial charge in [0.05, 0.1) is 0 Å². The molecule has 1 aromatic rings. The molecule has 1 rings (SSSR count). The highest BCUT2D eigenvalue weighted by atomic mass is 35.5. The maximum Gasteiger partial charge on any atom is 0.0374 e. The smallest absolute Gasteiger partial charge is 0.0374 e. The SMILES string of the molecule is C[BH2-]c1cc(Cl)ccc1C. The Bertz CT molecular complexity index is 233. The summed E-state index contributed by atoms with van der Waals surface area (Å²) in [5.41, 5.74) is 2.85. The van der Waals surface area contributed by atoms with E-state index in [-0.39, 0.29) is 7.28 Å². The van der Waals surface area contributed by atoms with E-state index < -0.39 is 0 Å². The summed E-state index contributed by atoms with van der Waals surface area (Å²) in [5.74, 6) is 0. The first kappa shape index (κ1) is 7.68. The normalized spacial score (nSPS) is 9.90. The van der Waals surface area contributed by atoms with Crippen LogP contribution in [0.5, 0.6) is 0 Å². The van der Waals surface area contributed by atoms with Crippen molar-refractivity contribution in [3.63, 3.8) is 0 Å². The maximum atomic E-state index is 5.82. The van der Waals surface area contributed by atoms with Crippen LogP contribution in [0, 0.1) is 6.92 Å². The van der Waals surface area contributed by atoms with Crippen LogP contribution in [0.4, 0.5) is 0 Å². The van der Waals surface area contributed by atoms with Crippen LogP contribution in [-0.4, -0.2) is 7.28 Å². The second kappa shape index (κ2) is 3.11. The Labute approximate surface area is 67.5 Å². The van der Waals surface area contributed by atoms with Crippen molar-refractivity contribution < 1.29 is 0 Å². The lowest BCUT2D eigenvalue weighted by Gasteiger charge is -2.06. The standard InChI is InChI=1S/C8H11BCl/c1-6-3-4-7(10)5-8(6)9-2/h3-5H,9H2,1-2H3/q-1. The van der Waals surface area contributed by atoms with Gasteiger partial charge in [0.25, 0.3) is 0 Å². The summed E-state index contributed by atoms with van der Waals surface area (Å²) in [5, 5.41) is 0.867. The predicted molar refractivity (Wildman–Crippen MR) is 50.2 cm³/mol. The number of aryl methyl sites for hydroxylation is 1. The third-order valence-corrected chi connectivity index (χ3v) is 2.24. The van der Waals surface area contributed by atoms with Crippen molar-refractivity contribution in [2.24, 2.45) is 0 Å². The van der Waals surface area contributed by atoms with E-state index in [0.717, 1.165) is 5.02 Å². The Morgan fingerprint density at radius 3 is 2.60 bits per heavy atom. The fourth-order valence-electron chi connectivity index (χ4n) is 1.24. The summed E-state index contributed by atoms with van der Waals surface area (Å²) in [7, 11) is 0.0670. The Kier molecular flexibility index (Phi) is 2.39. The topological polar surface area (TPSA) is 0 Å². The van der Waals surface area contributed by atoms with Gasteiger partial charge < -0.3 is 0 Å². The average Bonchev–Trinajstić information content (AvgIpc) is 1.94. The molecule has 0 saturated heterocycles. The second-order valence-electron chi connectivity index (χ2n) is 2.73. The Morgan fingerprint density at radius 1 is 1.40 bits per heavy atom. The molecule has 2 heteroatoms. The van der Waals surface area contributed by atoms with E-state index in [2.05, 4.69) is 25.9 Å². The molecule has 0 aromatic heterocycles. The van der Waals surface area contributed by atoms with Crippen LogP contribution in [0.2, 0.25) is 11.8 Å². The Hall–Kier alpha value is -0.425. The predicted octanol–water partition coefficient (Wildman–Crippen LogP) is 1.49. The van der Waals surface area contributed by atoms with Gasteiger partial charge in [-0.3, -0.25) is 0 Å². The van der Waals surface area contributed by atoms with Gasteiger partial charge in [-0.1, -0.05) is 29.3 Å². The van der Waals surface area contributed by atoms with Crippen LogP contribution in [0.25, 0.3) is 0 Å². The minimum atomic E-state index is 0.0670. The highest BCUT2D eigenvalue weighted by molar-refractivity contribution is 6.53. The molecule has 0 aliphatic carbocycles. The molecule has 0 aliphatic heterocycles. The van der Waals surface area contributed by atoms with Gasteiger partial charge >= 0.3 is 0 Å². The number of rotatable bonds is 1. The zero-order valence-corrected chi connectivity index (χ0v) is 7.37. The van der Waals surface area contributed by atoms with Crippen molar-refractivity contribution in [1.29, 1.82) is 0 Å². The Morgan fingerprint density at radius 2 is 2.10 bits per heavy atom. The van der Waals surface area contributed by atoms with Gasteiger partial charge in [0, 0.05) is 5.02 Å². The largest absolute Gasteiger partial charge is 0.213 e. The van der Waals surface area contributed by atoms with Crippen LogP contribution in [0.15, 0.2) is 18.2 Å². The fraction of sp³-hybridized carbons (Fsp3) is 0.250. The van der Waals surface area contributed by atoms with Crippen molar-refractivity contribution in [3.05, 3.63) is 28.8 Å².